The third kappa shape index (κ3) is 5.79. The molecule has 0 bridgehead atoms. The van der Waals surface area contributed by atoms with E-state index in [1.807, 2.05) is 0 Å². The summed E-state index contributed by atoms with van der Waals surface area (Å²) in [6, 6.07) is 9.76. The lowest BCUT2D eigenvalue weighted by Gasteiger charge is -2.08. The summed E-state index contributed by atoms with van der Waals surface area (Å²) in [5.74, 6) is -0.531. The van der Waals surface area contributed by atoms with Gasteiger partial charge in [0, 0.05) is 12.1 Å². The molecule has 1 aromatic heterocycles. The molecular weight excluding hydrogens is 396 g/mol. The molecule has 3 rings (SSSR count). The molecule has 0 saturated carbocycles. The van der Waals surface area contributed by atoms with E-state index in [0.29, 0.717) is 22.2 Å². The summed E-state index contributed by atoms with van der Waals surface area (Å²) >= 11 is 1.13. The Morgan fingerprint density at radius 1 is 1.31 bits per heavy atom. The van der Waals surface area contributed by atoms with Crippen LogP contribution >= 0.6 is 11.8 Å². The summed E-state index contributed by atoms with van der Waals surface area (Å²) in [7, 11) is 0. The van der Waals surface area contributed by atoms with E-state index in [2.05, 4.69) is 20.8 Å². The monoisotopic (exact) mass is 414 g/mol. The molecule has 0 aliphatic carbocycles. The van der Waals surface area contributed by atoms with Crippen molar-refractivity contribution in [1.82, 2.24) is 5.32 Å². The van der Waals surface area contributed by atoms with Crippen LogP contribution in [0.25, 0.3) is 0 Å². The van der Waals surface area contributed by atoms with E-state index in [9.17, 15) is 14.4 Å². The number of anilines is 1. The summed E-state index contributed by atoms with van der Waals surface area (Å²) in [5.41, 5.74) is 0.912. The number of carbonyl (C=O) groups excluding carboxylic acids is 3. The number of carbonyl (C=O) groups is 3. The van der Waals surface area contributed by atoms with E-state index in [1.165, 1.54) is 12.5 Å². The molecule has 2 N–H and O–H groups in total. The normalized spacial score (nSPS) is 17.5. The average Bonchev–Trinajstić information content (AvgIpc) is 3.33. The van der Waals surface area contributed by atoms with E-state index in [0.717, 1.165) is 11.8 Å². The zero-order valence-electron chi connectivity index (χ0n) is 15.5. The largest absolute Gasteiger partial charge is 0.463 e. The highest BCUT2D eigenvalue weighted by atomic mass is 32.2. The molecule has 1 aliphatic rings. The van der Waals surface area contributed by atoms with Gasteiger partial charge in [-0.15, -0.1) is 5.10 Å². The van der Waals surface area contributed by atoms with Gasteiger partial charge in [0.1, 0.15) is 11.0 Å². The number of hydrogen-bond donors (Lipinski definition) is 2. The van der Waals surface area contributed by atoms with Gasteiger partial charge in [-0.3, -0.25) is 9.59 Å². The molecule has 1 aromatic carbocycles. The molecule has 1 saturated heterocycles. The molecule has 2 heterocycles. The molecule has 0 radical (unpaired) electrons. The molecule has 1 fully saturated rings. The topological polar surface area (TPSA) is 122 Å². The molecule has 0 spiro atoms. The summed E-state index contributed by atoms with van der Waals surface area (Å²) in [5, 5.41) is 12.7. The SMILES string of the molecule is CCOC(=O)c1ccc(NC(=O)C[C@@H]2S/C(=N\N=C/c3ccco3)NC2=O)cc1. The Bertz CT molecular complexity index is 938. The van der Waals surface area contributed by atoms with Gasteiger partial charge in [-0.1, -0.05) is 11.8 Å². The summed E-state index contributed by atoms with van der Waals surface area (Å²) in [6.07, 6.45) is 2.90. The molecule has 2 amide bonds. The first-order valence-electron chi connectivity index (χ1n) is 8.74. The highest BCUT2D eigenvalue weighted by molar-refractivity contribution is 8.15. The molecule has 9 nitrogen and oxygen atoms in total. The fourth-order valence-corrected chi connectivity index (χ4v) is 3.30. The van der Waals surface area contributed by atoms with Crippen molar-refractivity contribution >= 4 is 46.6 Å². The maximum atomic E-state index is 12.2. The van der Waals surface area contributed by atoms with Crippen LogP contribution in [0.2, 0.25) is 0 Å². The minimum atomic E-state index is -0.605. The van der Waals surface area contributed by atoms with Gasteiger partial charge in [0.2, 0.25) is 11.8 Å². The maximum Gasteiger partial charge on any atom is 0.338 e. The Labute approximate surface area is 170 Å². The van der Waals surface area contributed by atoms with Gasteiger partial charge >= 0.3 is 5.97 Å². The molecule has 10 heteroatoms. The Balaban J connectivity index is 1.51. The smallest absolute Gasteiger partial charge is 0.338 e. The van der Waals surface area contributed by atoms with Crippen molar-refractivity contribution in [3.63, 3.8) is 0 Å². The zero-order chi connectivity index (χ0) is 20.6. The number of amidine groups is 1. The predicted octanol–water partition coefficient (Wildman–Crippen LogP) is 2.41. The van der Waals surface area contributed by atoms with Gasteiger partial charge in [0.15, 0.2) is 5.17 Å². The van der Waals surface area contributed by atoms with Gasteiger partial charge < -0.3 is 19.8 Å². The first-order chi connectivity index (χ1) is 14.0. The number of ether oxygens (including phenoxy) is 1. The number of rotatable bonds is 7. The van der Waals surface area contributed by atoms with E-state index in [4.69, 9.17) is 9.15 Å². The molecule has 2 aromatic rings. The standard InChI is InChI=1S/C19H18N4O5S/c1-2-27-18(26)12-5-7-13(8-6-12)21-16(24)10-15-17(25)22-19(29-15)23-20-11-14-4-3-9-28-14/h3-9,11,15H,2,10H2,1H3,(H,21,24)(H,22,23,25)/b20-11-/t15-/m0/s1. The predicted molar refractivity (Wildman–Crippen MR) is 109 cm³/mol. The van der Waals surface area contributed by atoms with Crippen LogP contribution in [0.3, 0.4) is 0 Å². The number of esters is 1. The van der Waals surface area contributed by atoms with Crippen LogP contribution in [0.5, 0.6) is 0 Å². The van der Waals surface area contributed by atoms with Crippen molar-refractivity contribution in [2.24, 2.45) is 10.2 Å². The highest BCUT2D eigenvalue weighted by Gasteiger charge is 2.32. The lowest BCUT2D eigenvalue weighted by atomic mass is 10.2. The molecule has 1 atom stereocenters. The highest BCUT2D eigenvalue weighted by Crippen LogP contribution is 2.23. The van der Waals surface area contributed by atoms with E-state index in [1.54, 1.807) is 43.3 Å². The van der Waals surface area contributed by atoms with Crippen LogP contribution in [-0.4, -0.2) is 41.0 Å². The number of hydrogen-bond acceptors (Lipinski definition) is 8. The summed E-state index contributed by atoms with van der Waals surface area (Å²) in [6.45, 7) is 2.02. The minimum Gasteiger partial charge on any atom is -0.463 e. The van der Waals surface area contributed by atoms with Gasteiger partial charge in [-0.2, -0.15) is 5.10 Å². The Morgan fingerprint density at radius 2 is 2.10 bits per heavy atom. The number of thioether (sulfide) groups is 1. The van der Waals surface area contributed by atoms with Crippen LogP contribution < -0.4 is 10.6 Å². The number of furan rings is 1. The second-order valence-corrected chi connectivity index (χ2v) is 7.00. The first kappa shape index (κ1) is 20.3. The number of nitrogens with zero attached hydrogens (tertiary/aromatic N) is 2. The third-order valence-corrected chi connectivity index (χ3v) is 4.78. The van der Waals surface area contributed by atoms with Gasteiger partial charge in [-0.05, 0) is 43.3 Å². The zero-order valence-corrected chi connectivity index (χ0v) is 16.3. The fraction of sp³-hybridized carbons (Fsp3) is 0.211. The molecule has 1 aliphatic heterocycles. The second kappa shape index (κ2) is 9.69. The Hall–Kier alpha value is -3.40. The van der Waals surface area contributed by atoms with Gasteiger partial charge in [0.25, 0.3) is 0 Å². The number of benzene rings is 1. The van der Waals surface area contributed by atoms with Crippen molar-refractivity contribution in [2.45, 2.75) is 18.6 Å². The van der Waals surface area contributed by atoms with Crippen molar-refractivity contribution in [2.75, 3.05) is 11.9 Å². The van der Waals surface area contributed by atoms with Crippen molar-refractivity contribution in [1.29, 1.82) is 0 Å². The van der Waals surface area contributed by atoms with Crippen LogP contribution in [0.15, 0.2) is 57.3 Å². The van der Waals surface area contributed by atoms with Crippen LogP contribution in [-0.2, 0) is 14.3 Å². The van der Waals surface area contributed by atoms with Crippen molar-refractivity contribution < 1.29 is 23.5 Å². The van der Waals surface area contributed by atoms with E-state index >= 15 is 0 Å². The molecular formula is C19H18N4O5S. The summed E-state index contributed by atoms with van der Waals surface area (Å²) < 4.78 is 10.00. The first-order valence-corrected chi connectivity index (χ1v) is 9.62. The average molecular weight is 414 g/mol. The quantitative estimate of drug-likeness (QED) is 0.408. The Kier molecular flexibility index (Phi) is 6.80. The number of nitrogens with one attached hydrogen (secondary N) is 2. The third-order valence-electron chi connectivity index (χ3n) is 3.70. The van der Waals surface area contributed by atoms with Gasteiger partial charge in [0.05, 0.1) is 24.6 Å². The maximum absolute atomic E-state index is 12.2. The fourth-order valence-electron chi connectivity index (χ4n) is 2.37. The van der Waals surface area contributed by atoms with E-state index in [-0.39, 0.29) is 24.8 Å². The Morgan fingerprint density at radius 3 is 2.79 bits per heavy atom. The van der Waals surface area contributed by atoms with Crippen molar-refractivity contribution in [3.8, 4) is 0 Å². The lowest BCUT2D eigenvalue weighted by Crippen LogP contribution is -2.28. The second-order valence-electron chi connectivity index (χ2n) is 5.81. The lowest BCUT2D eigenvalue weighted by molar-refractivity contribution is -0.122. The van der Waals surface area contributed by atoms with Gasteiger partial charge in [-0.25, -0.2) is 4.79 Å². The minimum absolute atomic E-state index is 0.0307. The number of amides is 2. The van der Waals surface area contributed by atoms with Crippen LogP contribution in [0, 0.1) is 0 Å². The molecule has 0 unspecified atom stereocenters. The van der Waals surface area contributed by atoms with Crippen LogP contribution in [0.4, 0.5) is 5.69 Å². The molecule has 29 heavy (non-hydrogen) atoms. The van der Waals surface area contributed by atoms with Crippen LogP contribution in [0.1, 0.15) is 29.5 Å². The molecule has 150 valence electrons. The van der Waals surface area contributed by atoms with E-state index < -0.39 is 11.2 Å². The van der Waals surface area contributed by atoms with Crippen molar-refractivity contribution in [3.05, 3.63) is 54.0 Å². The summed E-state index contributed by atoms with van der Waals surface area (Å²) in [4.78, 5) is 35.9.